The lowest BCUT2D eigenvalue weighted by Gasteiger charge is -2.23. The van der Waals surface area contributed by atoms with E-state index < -0.39 is 0 Å². The van der Waals surface area contributed by atoms with Crippen molar-refractivity contribution in [2.75, 3.05) is 26.7 Å². The number of nitrogens with one attached hydrogen (secondary N) is 1. The maximum atomic E-state index is 9.16. The lowest BCUT2D eigenvalue weighted by atomic mass is 9.99. The number of nitriles is 1. The van der Waals surface area contributed by atoms with Gasteiger partial charge in [0, 0.05) is 24.3 Å². The second kappa shape index (κ2) is 5.78. The molecule has 0 saturated carbocycles. The highest BCUT2D eigenvalue weighted by molar-refractivity contribution is 5.46. The van der Waals surface area contributed by atoms with Gasteiger partial charge >= 0.3 is 0 Å². The number of likely N-dealkylation sites (tertiary alicyclic amines) is 1. The quantitative estimate of drug-likeness (QED) is 0.892. The minimum absolute atomic E-state index is 0.491. The molecule has 1 aromatic rings. The lowest BCUT2D eigenvalue weighted by molar-refractivity contribution is 0.191. The predicted molar refractivity (Wildman–Crippen MR) is 75.5 cm³/mol. The molecule has 2 aliphatic rings. The van der Waals surface area contributed by atoms with Crippen LogP contribution in [0.2, 0.25) is 0 Å². The smallest absolute Gasteiger partial charge is 0.217 e. The molecule has 0 aliphatic carbocycles. The summed E-state index contributed by atoms with van der Waals surface area (Å²) in [6, 6.07) is 2.71. The van der Waals surface area contributed by atoms with Crippen molar-refractivity contribution in [3.63, 3.8) is 0 Å². The molecule has 5 heteroatoms. The molecule has 0 amide bonds. The van der Waals surface area contributed by atoms with Crippen LogP contribution in [0.5, 0.6) is 5.88 Å². The van der Waals surface area contributed by atoms with Crippen LogP contribution in [0.1, 0.15) is 29.5 Å². The van der Waals surface area contributed by atoms with Crippen LogP contribution in [0, 0.1) is 11.3 Å². The summed E-state index contributed by atoms with van der Waals surface area (Å²) < 4.78 is 5.97. The van der Waals surface area contributed by atoms with Crippen LogP contribution >= 0.6 is 0 Å². The summed E-state index contributed by atoms with van der Waals surface area (Å²) in [7, 11) is 2.15. The van der Waals surface area contributed by atoms with Crippen LogP contribution in [-0.4, -0.2) is 42.7 Å². The third-order valence-corrected chi connectivity index (χ3v) is 4.32. The van der Waals surface area contributed by atoms with Gasteiger partial charge in [-0.15, -0.1) is 0 Å². The van der Waals surface area contributed by atoms with Crippen LogP contribution < -0.4 is 10.1 Å². The normalized spacial score (nSPS) is 22.3. The summed E-state index contributed by atoms with van der Waals surface area (Å²) in [6.07, 6.45) is 4.96. The van der Waals surface area contributed by atoms with E-state index >= 15 is 0 Å². The van der Waals surface area contributed by atoms with Gasteiger partial charge in [0.25, 0.3) is 0 Å². The molecule has 1 aromatic heterocycles. The first-order chi connectivity index (χ1) is 9.79. The summed E-state index contributed by atoms with van der Waals surface area (Å²) in [4.78, 5) is 6.70. The molecule has 0 bridgehead atoms. The fraction of sp³-hybridized carbons (Fsp3) is 0.600. The molecule has 5 nitrogen and oxygen atoms in total. The third-order valence-electron chi connectivity index (χ3n) is 4.32. The summed E-state index contributed by atoms with van der Waals surface area (Å²) in [5.41, 5.74) is 2.84. The molecule has 0 spiro atoms. The Morgan fingerprint density at radius 2 is 2.45 bits per heavy atom. The molecule has 1 saturated heterocycles. The lowest BCUT2D eigenvalue weighted by Crippen LogP contribution is -2.31. The number of likely N-dealkylation sites (N-methyl/N-ethyl adjacent to an activating group) is 1. The number of fused-ring (bicyclic) bond motifs is 1. The van der Waals surface area contributed by atoms with E-state index in [1.165, 1.54) is 12.8 Å². The average molecular weight is 272 g/mol. The zero-order valence-electron chi connectivity index (χ0n) is 11.9. The minimum Gasteiger partial charge on any atom is -0.476 e. The molecule has 20 heavy (non-hydrogen) atoms. The van der Waals surface area contributed by atoms with E-state index in [0.29, 0.717) is 18.2 Å². The fourth-order valence-corrected chi connectivity index (χ4v) is 3.04. The van der Waals surface area contributed by atoms with E-state index in [2.05, 4.69) is 28.3 Å². The Balaban J connectivity index is 1.78. The number of nitrogens with zero attached hydrogens (tertiary/aromatic N) is 3. The Hall–Kier alpha value is -1.64. The first-order valence-electron chi connectivity index (χ1n) is 7.24. The first kappa shape index (κ1) is 13.3. The standard InChI is InChI=1S/C15H20N4O/c1-19-6-2-3-12(19)10-20-15-13-4-5-17-9-14(13)11(7-16)8-18-15/h8,12,17H,2-6,9-10H2,1H3/t12-/m0/s1. The van der Waals surface area contributed by atoms with Gasteiger partial charge < -0.3 is 15.0 Å². The van der Waals surface area contributed by atoms with E-state index in [1.54, 1.807) is 6.20 Å². The Bertz CT molecular complexity index is 537. The summed E-state index contributed by atoms with van der Waals surface area (Å²) in [5, 5.41) is 12.5. The maximum Gasteiger partial charge on any atom is 0.217 e. The zero-order chi connectivity index (χ0) is 13.9. The van der Waals surface area contributed by atoms with Crippen LogP contribution in [-0.2, 0) is 13.0 Å². The second-order valence-electron chi connectivity index (χ2n) is 5.56. The van der Waals surface area contributed by atoms with Crippen molar-refractivity contribution in [2.45, 2.75) is 31.8 Å². The molecule has 3 rings (SSSR count). The Labute approximate surface area is 119 Å². The Morgan fingerprint density at radius 1 is 1.55 bits per heavy atom. The van der Waals surface area contributed by atoms with Gasteiger partial charge in [0.15, 0.2) is 0 Å². The number of aromatic nitrogens is 1. The van der Waals surface area contributed by atoms with Gasteiger partial charge in [0.2, 0.25) is 5.88 Å². The molecule has 2 aliphatic heterocycles. The molecule has 106 valence electrons. The number of hydrogen-bond donors (Lipinski definition) is 1. The van der Waals surface area contributed by atoms with Crippen molar-refractivity contribution < 1.29 is 4.74 Å². The molecule has 3 heterocycles. The van der Waals surface area contributed by atoms with E-state index in [1.807, 2.05) is 0 Å². The number of pyridine rings is 1. The highest BCUT2D eigenvalue weighted by atomic mass is 16.5. The molecular weight excluding hydrogens is 252 g/mol. The van der Waals surface area contributed by atoms with Crippen molar-refractivity contribution in [3.8, 4) is 11.9 Å². The molecule has 0 aromatic carbocycles. The fourth-order valence-electron chi connectivity index (χ4n) is 3.04. The van der Waals surface area contributed by atoms with Crippen LogP contribution in [0.25, 0.3) is 0 Å². The van der Waals surface area contributed by atoms with Crippen molar-refractivity contribution in [2.24, 2.45) is 0 Å². The second-order valence-corrected chi connectivity index (χ2v) is 5.56. The van der Waals surface area contributed by atoms with E-state index in [9.17, 15) is 0 Å². The minimum atomic E-state index is 0.491. The van der Waals surface area contributed by atoms with E-state index in [4.69, 9.17) is 10.00 Å². The molecule has 1 N–H and O–H groups in total. The highest BCUT2D eigenvalue weighted by Gasteiger charge is 2.23. The maximum absolute atomic E-state index is 9.16. The summed E-state index contributed by atoms with van der Waals surface area (Å²) in [5.74, 6) is 0.723. The zero-order valence-corrected chi connectivity index (χ0v) is 11.9. The van der Waals surface area contributed by atoms with Gasteiger partial charge in [-0.25, -0.2) is 4.98 Å². The Kier molecular flexibility index (Phi) is 3.86. The summed E-state index contributed by atoms with van der Waals surface area (Å²) in [6.45, 7) is 3.50. The SMILES string of the molecule is CN1CCC[C@H]1COc1ncc(C#N)c2c1CCNC2. The topological polar surface area (TPSA) is 61.2 Å². The average Bonchev–Trinajstić information content (AvgIpc) is 2.90. The third kappa shape index (κ3) is 2.49. The van der Waals surface area contributed by atoms with E-state index in [0.717, 1.165) is 43.1 Å². The largest absolute Gasteiger partial charge is 0.476 e. The molecule has 0 radical (unpaired) electrons. The molecule has 1 fully saturated rings. The van der Waals surface area contributed by atoms with Crippen molar-refractivity contribution in [1.29, 1.82) is 5.26 Å². The van der Waals surface area contributed by atoms with Gasteiger partial charge in [-0.05, 0) is 45.0 Å². The molecule has 1 atom stereocenters. The summed E-state index contributed by atoms with van der Waals surface area (Å²) >= 11 is 0. The number of hydrogen-bond acceptors (Lipinski definition) is 5. The predicted octanol–water partition coefficient (Wildman–Crippen LogP) is 1.07. The monoisotopic (exact) mass is 272 g/mol. The van der Waals surface area contributed by atoms with Crippen molar-refractivity contribution >= 4 is 0 Å². The Morgan fingerprint density at radius 3 is 3.20 bits per heavy atom. The van der Waals surface area contributed by atoms with Crippen molar-refractivity contribution in [3.05, 3.63) is 22.9 Å². The van der Waals surface area contributed by atoms with Crippen molar-refractivity contribution in [1.82, 2.24) is 15.2 Å². The van der Waals surface area contributed by atoms with Gasteiger partial charge in [0.05, 0.1) is 5.56 Å². The van der Waals surface area contributed by atoms with Gasteiger partial charge in [0.1, 0.15) is 12.7 Å². The van der Waals surface area contributed by atoms with Gasteiger partial charge in [-0.3, -0.25) is 0 Å². The van der Waals surface area contributed by atoms with Crippen LogP contribution in [0.15, 0.2) is 6.20 Å². The first-order valence-corrected chi connectivity index (χ1v) is 7.24. The van der Waals surface area contributed by atoms with Gasteiger partial charge in [-0.1, -0.05) is 0 Å². The van der Waals surface area contributed by atoms with Crippen LogP contribution in [0.3, 0.4) is 0 Å². The number of rotatable bonds is 3. The van der Waals surface area contributed by atoms with Crippen LogP contribution in [0.4, 0.5) is 0 Å². The molecule has 0 unspecified atom stereocenters. The molecular formula is C15H20N4O. The number of ether oxygens (including phenoxy) is 1. The van der Waals surface area contributed by atoms with Gasteiger partial charge in [-0.2, -0.15) is 5.26 Å². The highest BCUT2D eigenvalue weighted by Crippen LogP contribution is 2.26. The van der Waals surface area contributed by atoms with E-state index in [-0.39, 0.29) is 0 Å².